The van der Waals surface area contributed by atoms with Crippen LogP contribution in [-0.4, -0.2) is 63.9 Å². The fraction of sp³-hybridized carbons (Fsp3) is 0.417. The van der Waals surface area contributed by atoms with Crippen LogP contribution in [0.25, 0.3) is 17.1 Å². The zero-order chi connectivity index (χ0) is 22.9. The van der Waals surface area contributed by atoms with E-state index in [1.807, 2.05) is 0 Å². The molecule has 2 aliphatic rings. The number of nitrogens with zero attached hydrogens (tertiary/aromatic N) is 5. The van der Waals surface area contributed by atoms with Crippen molar-refractivity contribution in [1.29, 1.82) is 0 Å². The van der Waals surface area contributed by atoms with E-state index in [1.54, 1.807) is 12.4 Å². The summed E-state index contributed by atoms with van der Waals surface area (Å²) in [5.41, 5.74) is 12.3. The Balaban J connectivity index is 1.39. The van der Waals surface area contributed by atoms with E-state index in [-0.39, 0.29) is 11.7 Å². The number of nitrogens with one attached hydrogen (secondary N) is 1. The SMILES string of the molecule is Cc1cc(-c2cnc(N)c(-n3cc(C(=O)NC[C@@H]4CCOC4)cn3)n2)cc2c1CCN(C)C2. The van der Waals surface area contributed by atoms with Crippen molar-refractivity contribution in [3.8, 4) is 17.1 Å². The number of likely N-dealkylation sites (N-methyl/N-ethyl adjacent to an activating group) is 1. The first-order valence-electron chi connectivity index (χ1n) is 11.3. The summed E-state index contributed by atoms with van der Waals surface area (Å²) in [4.78, 5) is 24.0. The molecule has 1 atom stereocenters. The molecule has 1 amide bonds. The summed E-state index contributed by atoms with van der Waals surface area (Å²) in [5.74, 6) is 0.849. The molecule has 0 radical (unpaired) electrons. The monoisotopic (exact) mass is 447 g/mol. The van der Waals surface area contributed by atoms with Crippen LogP contribution in [-0.2, 0) is 17.7 Å². The van der Waals surface area contributed by atoms with Crippen molar-refractivity contribution < 1.29 is 9.53 Å². The molecule has 5 rings (SSSR count). The van der Waals surface area contributed by atoms with Crippen LogP contribution in [0.1, 0.15) is 33.5 Å². The summed E-state index contributed by atoms with van der Waals surface area (Å²) < 4.78 is 6.87. The van der Waals surface area contributed by atoms with Crippen LogP contribution in [0.15, 0.2) is 30.7 Å². The lowest BCUT2D eigenvalue weighted by Gasteiger charge is -2.27. The third kappa shape index (κ3) is 4.46. The van der Waals surface area contributed by atoms with Gasteiger partial charge in [0.15, 0.2) is 11.6 Å². The highest BCUT2D eigenvalue weighted by atomic mass is 16.5. The number of ether oxygens (including phenoxy) is 1. The van der Waals surface area contributed by atoms with Crippen molar-refractivity contribution in [3.05, 3.63) is 53.0 Å². The van der Waals surface area contributed by atoms with Gasteiger partial charge in [0.25, 0.3) is 5.91 Å². The van der Waals surface area contributed by atoms with E-state index in [0.717, 1.165) is 43.8 Å². The van der Waals surface area contributed by atoms with Gasteiger partial charge in [0.1, 0.15) is 0 Å². The van der Waals surface area contributed by atoms with Crippen LogP contribution in [0, 0.1) is 12.8 Å². The third-order valence-corrected chi connectivity index (χ3v) is 6.46. The largest absolute Gasteiger partial charge is 0.381 e. The first-order valence-corrected chi connectivity index (χ1v) is 11.3. The van der Waals surface area contributed by atoms with Crippen LogP contribution in [0.2, 0.25) is 0 Å². The van der Waals surface area contributed by atoms with Gasteiger partial charge < -0.3 is 20.7 Å². The summed E-state index contributed by atoms with van der Waals surface area (Å²) in [6.07, 6.45) is 6.87. The van der Waals surface area contributed by atoms with Gasteiger partial charge in [0.05, 0.1) is 30.3 Å². The molecular formula is C24H29N7O2. The number of rotatable bonds is 5. The van der Waals surface area contributed by atoms with E-state index in [0.29, 0.717) is 30.5 Å². The number of carbonyl (C=O) groups excluding carboxylic acids is 1. The highest BCUT2D eigenvalue weighted by Gasteiger charge is 2.20. The Kier molecular flexibility index (Phi) is 5.82. The number of benzene rings is 1. The van der Waals surface area contributed by atoms with Crippen LogP contribution in [0.5, 0.6) is 0 Å². The average Bonchev–Trinajstić information content (AvgIpc) is 3.50. The van der Waals surface area contributed by atoms with Gasteiger partial charge in [-0.1, -0.05) is 0 Å². The number of hydrogen-bond acceptors (Lipinski definition) is 7. The number of aromatic nitrogens is 4. The van der Waals surface area contributed by atoms with E-state index >= 15 is 0 Å². The number of hydrogen-bond donors (Lipinski definition) is 2. The number of anilines is 1. The van der Waals surface area contributed by atoms with Crippen molar-refractivity contribution in [1.82, 2.24) is 30.0 Å². The molecule has 33 heavy (non-hydrogen) atoms. The molecule has 3 aromatic rings. The first kappa shape index (κ1) is 21.5. The zero-order valence-corrected chi connectivity index (χ0v) is 19.0. The molecule has 172 valence electrons. The standard InChI is InChI=1S/C24H29N7O2/c1-15-7-17(8-18-12-30(2)5-3-20(15)18)21-11-26-22(25)23(29-21)31-13-19(10-28-31)24(32)27-9-16-4-6-33-14-16/h7-8,10-11,13,16H,3-6,9,12,14H2,1-2H3,(H2,25,26)(H,27,32)/t16-/m0/s1. The Morgan fingerprint density at radius 3 is 3.03 bits per heavy atom. The molecule has 9 nitrogen and oxygen atoms in total. The van der Waals surface area contributed by atoms with Gasteiger partial charge in [-0.25, -0.2) is 14.6 Å². The van der Waals surface area contributed by atoms with Crippen LogP contribution in [0.3, 0.4) is 0 Å². The lowest BCUT2D eigenvalue weighted by atomic mass is 9.92. The molecule has 9 heteroatoms. The van der Waals surface area contributed by atoms with Gasteiger partial charge in [0.2, 0.25) is 0 Å². The molecule has 3 N–H and O–H groups in total. The topological polar surface area (TPSA) is 111 Å². The van der Waals surface area contributed by atoms with Crippen molar-refractivity contribution in [2.75, 3.05) is 39.1 Å². The fourth-order valence-electron chi connectivity index (χ4n) is 4.54. The maximum atomic E-state index is 12.5. The van der Waals surface area contributed by atoms with E-state index in [2.05, 4.69) is 46.4 Å². The zero-order valence-electron chi connectivity index (χ0n) is 19.0. The van der Waals surface area contributed by atoms with Crippen molar-refractivity contribution in [2.24, 2.45) is 5.92 Å². The third-order valence-electron chi connectivity index (χ3n) is 6.46. The predicted molar refractivity (Wildman–Crippen MR) is 125 cm³/mol. The highest BCUT2D eigenvalue weighted by Crippen LogP contribution is 2.29. The summed E-state index contributed by atoms with van der Waals surface area (Å²) in [5, 5.41) is 7.28. The molecular weight excluding hydrogens is 418 g/mol. The number of nitrogen functional groups attached to an aromatic ring is 1. The van der Waals surface area contributed by atoms with Crippen LogP contribution in [0.4, 0.5) is 5.82 Å². The van der Waals surface area contributed by atoms with E-state index in [1.165, 1.54) is 27.6 Å². The molecule has 2 aliphatic heterocycles. The number of aryl methyl sites for hydroxylation is 1. The lowest BCUT2D eigenvalue weighted by molar-refractivity contribution is 0.0945. The Morgan fingerprint density at radius 1 is 1.33 bits per heavy atom. The first-order chi connectivity index (χ1) is 16.0. The Hall–Kier alpha value is -3.30. The molecule has 0 saturated carbocycles. The molecule has 0 spiro atoms. The summed E-state index contributed by atoms with van der Waals surface area (Å²) in [6, 6.07) is 4.35. The molecule has 0 bridgehead atoms. The van der Waals surface area contributed by atoms with E-state index in [4.69, 9.17) is 15.5 Å². The highest BCUT2D eigenvalue weighted by molar-refractivity contribution is 5.93. The second-order valence-electron chi connectivity index (χ2n) is 9.00. The van der Waals surface area contributed by atoms with Gasteiger partial charge in [0, 0.05) is 43.9 Å². The quantitative estimate of drug-likeness (QED) is 0.615. The van der Waals surface area contributed by atoms with Crippen molar-refractivity contribution in [2.45, 2.75) is 26.3 Å². The molecule has 0 aliphatic carbocycles. The van der Waals surface area contributed by atoms with Gasteiger partial charge in [-0.15, -0.1) is 0 Å². The fourth-order valence-corrected chi connectivity index (χ4v) is 4.54. The Bertz CT molecular complexity index is 1180. The molecule has 0 unspecified atom stereocenters. The smallest absolute Gasteiger partial charge is 0.254 e. The van der Waals surface area contributed by atoms with Gasteiger partial charge in [-0.3, -0.25) is 4.79 Å². The van der Waals surface area contributed by atoms with Gasteiger partial charge in [-0.05, 0) is 55.6 Å². The van der Waals surface area contributed by atoms with Crippen LogP contribution < -0.4 is 11.1 Å². The number of carbonyl (C=O) groups is 1. The second-order valence-corrected chi connectivity index (χ2v) is 9.00. The number of nitrogens with two attached hydrogens (primary N) is 1. The second kappa shape index (κ2) is 8.92. The van der Waals surface area contributed by atoms with Crippen molar-refractivity contribution >= 4 is 11.7 Å². The molecule has 2 aromatic heterocycles. The summed E-state index contributed by atoms with van der Waals surface area (Å²) in [7, 11) is 2.14. The van der Waals surface area contributed by atoms with Gasteiger partial charge >= 0.3 is 0 Å². The summed E-state index contributed by atoms with van der Waals surface area (Å²) in [6.45, 7) is 6.18. The Labute approximate surface area is 193 Å². The van der Waals surface area contributed by atoms with E-state index in [9.17, 15) is 4.79 Å². The van der Waals surface area contributed by atoms with Crippen molar-refractivity contribution in [3.63, 3.8) is 0 Å². The minimum absolute atomic E-state index is 0.176. The van der Waals surface area contributed by atoms with Crippen LogP contribution >= 0.6 is 0 Å². The molecule has 1 aromatic carbocycles. The molecule has 4 heterocycles. The Morgan fingerprint density at radius 2 is 2.21 bits per heavy atom. The molecule has 1 fully saturated rings. The average molecular weight is 448 g/mol. The summed E-state index contributed by atoms with van der Waals surface area (Å²) >= 11 is 0. The maximum Gasteiger partial charge on any atom is 0.254 e. The normalized spacial score (nSPS) is 18.3. The predicted octanol–water partition coefficient (Wildman–Crippen LogP) is 1.97. The minimum Gasteiger partial charge on any atom is -0.381 e. The number of fused-ring (bicyclic) bond motifs is 1. The minimum atomic E-state index is -0.176. The van der Waals surface area contributed by atoms with E-state index < -0.39 is 0 Å². The molecule has 1 saturated heterocycles. The van der Waals surface area contributed by atoms with Gasteiger partial charge in [-0.2, -0.15) is 5.10 Å². The number of amides is 1. The lowest BCUT2D eigenvalue weighted by Crippen LogP contribution is -2.29. The maximum absolute atomic E-state index is 12.5.